The zero-order valence-electron chi connectivity index (χ0n) is 17.0. The molecule has 1 saturated heterocycles. The molecule has 1 aliphatic rings. The molecular formula is C21H28O10. The van der Waals surface area contributed by atoms with Gasteiger partial charge in [-0.25, -0.2) is 0 Å². The van der Waals surface area contributed by atoms with Crippen molar-refractivity contribution in [3.8, 4) is 0 Å². The molecule has 1 aliphatic heterocycles. The van der Waals surface area contributed by atoms with E-state index in [1.54, 1.807) is 12.2 Å². The van der Waals surface area contributed by atoms with Gasteiger partial charge >= 0.3 is 11.9 Å². The second kappa shape index (κ2) is 11.3. The molecule has 1 fully saturated rings. The molecule has 10 heteroatoms. The highest BCUT2D eigenvalue weighted by atomic mass is 16.7. The zero-order valence-corrected chi connectivity index (χ0v) is 17.0. The highest BCUT2D eigenvalue weighted by molar-refractivity contribution is 5.72. The fraction of sp³-hybridized carbons (Fsp3) is 0.524. The molecule has 0 bridgehead atoms. The summed E-state index contributed by atoms with van der Waals surface area (Å²) in [6.45, 7) is 0.947. The van der Waals surface area contributed by atoms with Crippen molar-refractivity contribution in [1.29, 1.82) is 0 Å². The summed E-state index contributed by atoms with van der Waals surface area (Å²) >= 11 is 0. The first kappa shape index (κ1) is 24.9. The van der Waals surface area contributed by atoms with Gasteiger partial charge in [-0.2, -0.15) is 0 Å². The predicted octanol–water partition coefficient (Wildman–Crippen LogP) is 0.249. The molecule has 0 aliphatic carbocycles. The predicted molar refractivity (Wildman–Crippen MR) is 107 cm³/mol. The molecule has 1 aromatic carbocycles. The lowest BCUT2D eigenvalue weighted by atomic mass is 9.96. The molecule has 172 valence electrons. The van der Waals surface area contributed by atoms with Gasteiger partial charge in [0.2, 0.25) is 0 Å². The highest BCUT2D eigenvalue weighted by Crippen LogP contribution is 2.26. The second-order valence-corrected chi connectivity index (χ2v) is 7.56. The maximum Gasteiger partial charge on any atom is 0.306 e. The molecule has 5 N–H and O–H groups in total. The first-order valence-electron chi connectivity index (χ1n) is 9.72. The van der Waals surface area contributed by atoms with E-state index in [0.29, 0.717) is 0 Å². The summed E-state index contributed by atoms with van der Waals surface area (Å²) in [6.07, 6.45) is -4.82. The van der Waals surface area contributed by atoms with E-state index in [1.807, 2.05) is 30.3 Å². The van der Waals surface area contributed by atoms with Crippen LogP contribution in [0, 0.1) is 0 Å². The smallest absolute Gasteiger partial charge is 0.306 e. The Balaban J connectivity index is 1.97. The summed E-state index contributed by atoms with van der Waals surface area (Å²) in [6, 6.07) is 9.41. The Morgan fingerprint density at radius 1 is 1.03 bits per heavy atom. The molecule has 5 atom stereocenters. The first-order valence-corrected chi connectivity index (χ1v) is 9.72. The largest absolute Gasteiger partial charge is 0.481 e. The molecule has 0 saturated carbocycles. The van der Waals surface area contributed by atoms with Crippen LogP contribution in [-0.4, -0.2) is 87.0 Å². The van der Waals surface area contributed by atoms with Crippen molar-refractivity contribution >= 4 is 18.0 Å². The number of carboxylic acids is 2. The van der Waals surface area contributed by atoms with Crippen LogP contribution in [-0.2, 0) is 23.8 Å². The molecule has 0 amide bonds. The number of aliphatic hydroxyl groups is 3. The summed E-state index contributed by atoms with van der Waals surface area (Å²) in [5, 5.41) is 48.5. The second-order valence-electron chi connectivity index (χ2n) is 7.56. The molecular weight excluding hydrogens is 412 g/mol. The van der Waals surface area contributed by atoms with Gasteiger partial charge in [-0.05, 0) is 12.5 Å². The number of ether oxygens (including phenoxy) is 3. The van der Waals surface area contributed by atoms with Crippen LogP contribution in [0.4, 0.5) is 0 Å². The van der Waals surface area contributed by atoms with E-state index in [9.17, 15) is 24.9 Å². The average molecular weight is 440 g/mol. The van der Waals surface area contributed by atoms with Crippen LogP contribution in [0.2, 0.25) is 0 Å². The van der Waals surface area contributed by atoms with E-state index in [-0.39, 0.29) is 6.61 Å². The van der Waals surface area contributed by atoms with Crippen LogP contribution in [0.25, 0.3) is 6.08 Å². The number of rotatable bonds is 11. The summed E-state index contributed by atoms with van der Waals surface area (Å²) in [5.74, 6) is -2.51. The summed E-state index contributed by atoms with van der Waals surface area (Å²) in [4.78, 5) is 22.1. The number of hydrogen-bond donors (Lipinski definition) is 5. The van der Waals surface area contributed by atoms with Crippen molar-refractivity contribution in [1.82, 2.24) is 0 Å². The summed E-state index contributed by atoms with van der Waals surface area (Å²) < 4.78 is 16.4. The van der Waals surface area contributed by atoms with E-state index in [0.717, 1.165) is 5.56 Å². The number of carbonyl (C=O) groups is 2. The van der Waals surface area contributed by atoms with Crippen molar-refractivity contribution in [2.75, 3.05) is 13.2 Å². The van der Waals surface area contributed by atoms with Gasteiger partial charge in [-0.15, -0.1) is 0 Å². The van der Waals surface area contributed by atoms with Crippen molar-refractivity contribution in [3.05, 3.63) is 42.0 Å². The maximum atomic E-state index is 11.1. The highest BCUT2D eigenvalue weighted by Gasteiger charge is 2.45. The minimum absolute atomic E-state index is 0.0444. The number of benzene rings is 1. The number of aliphatic hydroxyl groups excluding tert-OH is 3. The lowest BCUT2D eigenvalue weighted by Crippen LogP contribution is -2.59. The molecule has 0 radical (unpaired) electrons. The Bertz CT molecular complexity index is 734. The van der Waals surface area contributed by atoms with Crippen LogP contribution >= 0.6 is 0 Å². The zero-order chi connectivity index (χ0) is 23.0. The molecule has 0 aromatic heterocycles. The number of carboxylic acid groups (broad SMARTS) is 2. The SMILES string of the molecule is CC(CC(=O)O)(CC(=O)O)OC[C@H]1O[C@@H](OCC=Cc2ccccc2)[C@H](O)[C@@H](O)[C@@H]1O. The van der Waals surface area contributed by atoms with Crippen LogP contribution in [0.5, 0.6) is 0 Å². The van der Waals surface area contributed by atoms with Crippen molar-refractivity contribution in [2.45, 2.75) is 56.1 Å². The third-order valence-corrected chi connectivity index (χ3v) is 4.78. The van der Waals surface area contributed by atoms with Gasteiger partial charge in [-0.1, -0.05) is 42.5 Å². The van der Waals surface area contributed by atoms with Gasteiger partial charge in [0.05, 0.1) is 31.7 Å². The van der Waals surface area contributed by atoms with E-state index < -0.39 is 67.7 Å². The molecule has 31 heavy (non-hydrogen) atoms. The van der Waals surface area contributed by atoms with Gasteiger partial charge < -0.3 is 39.7 Å². The third-order valence-electron chi connectivity index (χ3n) is 4.78. The molecule has 1 aromatic rings. The number of hydrogen-bond acceptors (Lipinski definition) is 8. The molecule has 0 spiro atoms. The van der Waals surface area contributed by atoms with E-state index in [4.69, 9.17) is 24.4 Å². The van der Waals surface area contributed by atoms with Crippen LogP contribution < -0.4 is 0 Å². The van der Waals surface area contributed by atoms with E-state index in [1.165, 1.54) is 6.92 Å². The van der Waals surface area contributed by atoms with Gasteiger partial charge in [0.1, 0.15) is 24.4 Å². The Morgan fingerprint density at radius 3 is 2.23 bits per heavy atom. The average Bonchev–Trinajstić information content (AvgIpc) is 2.69. The summed E-state index contributed by atoms with van der Waals surface area (Å²) in [7, 11) is 0. The van der Waals surface area contributed by atoms with Gasteiger partial charge in [0.25, 0.3) is 0 Å². The lowest BCUT2D eigenvalue weighted by Gasteiger charge is -2.41. The van der Waals surface area contributed by atoms with Gasteiger partial charge in [0.15, 0.2) is 6.29 Å². The Kier molecular flexibility index (Phi) is 9.11. The van der Waals surface area contributed by atoms with Gasteiger partial charge in [-0.3, -0.25) is 9.59 Å². The van der Waals surface area contributed by atoms with Crippen molar-refractivity contribution in [3.63, 3.8) is 0 Å². The van der Waals surface area contributed by atoms with Crippen LogP contribution in [0.15, 0.2) is 36.4 Å². The van der Waals surface area contributed by atoms with Crippen molar-refractivity contribution in [2.24, 2.45) is 0 Å². The Morgan fingerprint density at radius 2 is 1.65 bits per heavy atom. The topological polar surface area (TPSA) is 163 Å². The monoisotopic (exact) mass is 440 g/mol. The van der Waals surface area contributed by atoms with Crippen molar-refractivity contribution < 1.29 is 49.3 Å². The number of aliphatic carboxylic acids is 2. The van der Waals surface area contributed by atoms with E-state index >= 15 is 0 Å². The lowest BCUT2D eigenvalue weighted by molar-refractivity contribution is -0.304. The van der Waals surface area contributed by atoms with E-state index in [2.05, 4.69) is 0 Å². The molecule has 1 heterocycles. The minimum Gasteiger partial charge on any atom is -0.481 e. The Hall–Kier alpha value is -2.34. The van der Waals surface area contributed by atoms with Gasteiger partial charge in [0, 0.05) is 0 Å². The molecule has 2 rings (SSSR count). The normalized spacial score (nSPS) is 26.8. The maximum absolute atomic E-state index is 11.1. The summed E-state index contributed by atoms with van der Waals surface area (Å²) in [5.41, 5.74) is -0.620. The molecule has 0 unspecified atom stereocenters. The fourth-order valence-electron chi connectivity index (χ4n) is 3.18. The standard InChI is InChI=1S/C21H28O10/c1-21(10-15(22)23,11-16(24)25)30-12-14-17(26)18(27)19(28)20(31-14)29-9-5-8-13-6-3-2-4-7-13/h2-8,14,17-20,26-28H,9-12H2,1H3,(H,22,23)(H,24,25)/t14-,17-,18+,19-,20-/m1/s1. The minimum atomic E-state index is -1.60. The molecule has 10 nitrogen and oxygen atoms in total. The third kappa shape index (κ3) is 7.69. The fourth-order valence-corrected chi connectivity index (χ4v) is 3.18. The Labute approximate surface area is 179 Å². The van der Waals surface area contributed by atoms with Crippen LogP contribution in [0.1, 0.15) is 25.3 Å². The van der Waals surface area contributed by atoms with Crippen LogP contribution in [0.3, 0.4) is 0 Å². The first-order chi connectivity index (χ1) is 14.6. The quantitative estimate of drug-likeness (QED) is 0.322.